The monoisotopic (exact) mass is 465 g/mol. The maximum atomic E-state index is 13.1. The number of methoxy groups -OCH3 is 1. The lowest BCUT2D eigenvalue weighted by Crippen LogP contribution is -2.48. The van der Waals surface area contributed by atoms with Crippen LogP contribution in [0, 0.1) is 6.92 Å². The van der Waals surface area contributed by atoms with Crippen LogP contribution in [0.15, 0.2) is 36.4 Å². The molecule has 0 saturated heterocycles. The minimum atomic E-state index is -0.495. The van der Waals surface area contributed by atoms with Crippen molar-refractivity contribution in [3.8, 4) is 5.75 Å². The van der Waals surface area contributed by atoms with Gasteiger partial charge in [0.25, 0.3) is 5.91 Å². The van der Waals surface area contributed by atoms with E-state index in [1.165, 1.54) is 0 Å². The van der Waals surface area contributed by atoms with E-state index in [0.29, 0.717) is 30.0 Å². The van der Waals surface area contributed by atoms with Gasteiger partial charge in [-0.05, 0) is 74.9 Å². The SMILES string of the molecule is CCOC(=O)c1ccc2c(c1)CN(C1CCC(N(C(N)=O)c3ccc(C)c(OC)c3)CC1)C2=O. The maximum absolute atomic E-state index is 13.1. The van der Waals surface area contributed by atoms with Gasteiger partial charge in [-0.1, -0.05) is 6.07 Å². The number of ether oxygens (including phenoxy) is 2. The van der Waals surface area contributed by atoms with Gasteiger partial charge < -0.3 is 20.1 Å². The number of anilines is 1. The zero-order chi connectivity index (χ0) is 24.4. The van der Waals surface area contributed by atoms with Crippen LogP contribution < -0.4 is 15.4 Å². The Bertz CT molecular complexity index is 1110. The van der Waals surface area contributed by atoms with Crippen LogP contribution in [0.2, 0.25) is 0 Å². The molecule has 180 valence electrons. The van der Waals surface area contributed by atoms with Crippen molar-refractivity contribution in [2.24, 2.45) is 5.73 Å². The number of fused-ring (bicyclic) bond motifs is 1. The fourth-order valence-corrected chi connectivity index (χ4v) is 5.08. The molecule has 0 aromatic heterocycles. The number of esters is 1. The molecular formula is C26H31N3O5. The van der Waals surface area contributed by atoms with Crippen molar-refractivity contribution in [2.45, 2.75) is 58.2 Å². The number of primary amides is 1. The van der Waals surface area contributed by atoms with Crippen LogP contribution in [-0.2, 0) is 11.3 Å². The van der Waals surface area contributed by atoms with Gasteiger partial charge in [-0.3, -0.25) is 9.69 Å². The molecule has 2 aliphatic rings. The van der Waals surface area contributed by atoms with E-state index in [9.17, 15) is 14.4 Å². The number of carbonyl (C=O) groups is 3. The van der Waals surface area contributed by atoms with Gasteiger partial charge in [-0.15, -0.1) is 0 Å². The lowest BCUT2D eigenvalue weighted by Gasteiger charge is -2.39. The summed E-state index contributed by atoms with van der Waals surface area (Å²) in [5, 5.41) is 0. The Hall–Kier alpha value is -3.55. The summed E-state index contributed by atoms with van der Waals surface area (Å²) in [7, 11) is 1.60. The third kappa shape index (κ3) is 4.44. The molecule has 2 N–H and O–H groups in total. The minimum Gasteiger partial charge on any atom is -0.496 e. The van der Waals surface area contributed by atoms with Crippen molar-refractivity contribution in [2.75, 3.05) is 18.6 Å². The summed E-state index contributed by atoms with van der Waals surface area (Å²) in [6, 6.07) is 10.3. The molecule has 1 aliphatic carbocycles. The smallest absolute Gasteiger partial charge is 0.338 e. The number of rotatable bonds is 6. The van der Waals surface area contributed by atoms with Gasteiger partial charge in [0.15, 0.2) is 0 Å². The average Bonchev–Trinajstić information content (AvgIpc) is 3.16. The number of carbonyl (C=O) groups excluding carboxylic acids is 3. The van der Waals surface area contributed by atoms with Gasteiger partial charge in [0, 0.05) is 35.9 Å². The number of nitrogens with two attached hydrogens (primary N) is 1. The summed E-state index contributed by atoms with van der Waals surface area (Å²) < 4.78 is 10.5. The molecule has 1 fully saturated rings. The van der Waals surface area contributed by atoms with Gasteiger partial charge >= 0.3 is 12.0 Å². The quantitative estimate of drug-likeness (QED) is 0.649. The molecule has 3 amide bonds. The lowest BCUT2D eigenvalue weighted by atomic mass is 9.89. The highest BCUT2D eigenvalue weighted by atomic mass is 16.5. The van der Waals surface area contributed by atoms with E-state index in [-0.39, 0.29) is 24.0 Å². The van der Waals surface area contributed by atoms with Crippen LogP contribution in [0.25, 0.3) is 0 Å². The second-order valence-electron chi connectivity index (χ2n) is 8.85. The first-order chi connectivity index (χ1) is 16.3. The lowest BCUT2D eigenvalue weighted by molar-refractivity contribution is 0.0526. The molecule has 8 nitrogen and oxygen atoms in total. The summed E-state index contributed by atoms with van der Waals surface area (Å²) in [5.41, 5.74) is 9.42. The highest BCUT2D eigenvalue weighted by Gasteiger charge is 2.37. The molecule has 0 bridgehead atoms. The molecule has 2 aromatic carbocycles. The number of aryl methyl sites for hydroxylation is 1. The minimum absolute atomic E-state index is 0.0103. The highest BCUT2D eigenvalue weighted by molar-refractivity contribution is 6.00. The third-order valence-corrected chi connectivity index (χ3v) is 6.83. The molecule has 0 spiro atoms. The Kier molecular flexibility index (Phi) is 6.77. The molecule has 0 atom stereocenters. The van der Waals surface area contributed by atoms with Crippen molar-refractivity contribution in [3.05, 3.63) is 58.7 Å². The molecular weight excluding hydrogens is 434 g/mol. The van der Waals surface area contributed by atoms with E-state index in [2.05, 4.69) is 0 Å². The first kappa shape index (κ1) is 23.6. The number of hydrogen-bond donors (Lipinski definition) is 1. The van der Waals surface area contributed by atoms with Crippen LogP contribution in [0.1, 0.15) is 64.4 Å². The van der Waals surface area contributed by atoms with E-state index < -0.39 is 6.03 Å². The average molecular weight is 466 g/mol. The Balaban J connectivity index is 1.45. The Morgan fingerprint density at radius 2 is 1.85 bits per heavy atom. The van der Waals surface area contributed by atoms with Crippen LogP contribution in [0.3, 0.4) is 0 Å². The van der Waals surface area contributed by atoms with Gasteiger partial charge in [-0.25, -0.2) is 9.59 Å². The van der Waals surface area contributed by atoms with Crippen molar-refractivity contribution >= 4 is 23.6 Å². The Morgan fingerprint density at radius 1 is 1.12 bits per heavy atom. The van der Waals surface area contributed by atoms with Crippen molar-refractivity contribution in [3.63, 3.8) is 0 Å². The van der Waals surface area contributed by atoms with Crippen LogP contribution in [0.4, 0.5) is 10.5 Å². The Labute approximate surface area is 199 Å². The van der Waals surface area contributed by atoms with E-state index in [0.717, 1.165) is 42.5 Å². The summed E-state index contributed by atoms with van der Waals surface area (Å²) in [6.45, 7) is 4.50. The predicted octanol–water partition coefficient (Wildman–Crippen LogP) is 4.03. The van der Waals surface area contributed by atoms with Crippen molar-refractivity contribution in [1.82, 2.24) is 4.90 Å². The zero-order valence-electron chi connectivity index (χ0n) is 19.9. The van der Waals surface area contributed by atoms with Gasteiger partial charge in [0.2, 0.25) is 0 Å². The van der Waals surface area contributed by atoms with E-state index in [4.69, 9.17) is 15.2 Å². The van der Waals surface area contributed by atoms with Crippen molar-refractivity contribution in [1.29, 1.82) is 0 Å². The number of amides is 3. The number of urea groups is 1. The molecule has 0 unspecified atom stereocenters. The topological polar surface area (TPSA) is 102 Å². The van der Waals surface area contributed by atoms with Crippen molar-refractivity contribution < 1.29 is 23.9 Å². The normalized spacial score (nSPS) is 19.5. The molecule has 8 heteroatoms. The second kappa shape index (κ2) is 9.75. The molecule has 1 heterocycles. The molecule has 1 aliphatic heterocycles. The van der Waals surface area contributed by atoms with Gasteiger partial charge in [-0.2, -0.15) is 0 Å². The maximum Gasteiger partial charge on any atom is 0.338 e. The molecule has 0 radical (unpaired) electrons. The van der Waals surface area contributed by atoms with Crippen LogP contribution in [0.5, 0.6) is 5.75 Å². The molecule has 4 rings (SSSR count). The number of benzene rings is 2. The van der Waals surface area contributed by atoms with E-state index >= 15 is 0 Å². The molecule has 34 heavy (non-hydrogen) atoms. The highest BCUT2D eigenvalue weighted by Crippen LogP contribution is 2.35. The summed E-state index contributed by atoms with van der Waals surface area (Å²) in [6.07, 6.45) is 3.00. The van der Waals surface area contributed by atoms with E-state index in [1.54, 1.807) is 37.1 Å². The first-order valence-electron chi connectivity index (χ1n) is 11.7. The van der Waals surface area contributed by atoms with Gasteiger partial charge in [0.05, 0.1) is 19.3 Å². The fraction of sp³-hybridized carbons (Fsp3) is 0.423. The fourth-order valence-electron chi connectivity index (χ4n) is 5.08. The summed E-state index contributed by atoms with van der Waals surface area (Å²) in [5.74, 6) is 0.319. The Morgan fingerprint density at radius 3 is 2.50 bits per heavy atom. The van der Waals surface area contributed by atoms with E-state index in [1.807, 2.05) is 30.0 Å². The number of hydrogen-bond acceptors (Lipinski definition) is 5. The number of nitrogens with zero attached hydrogens (tertiary/aromatic N) is 2. The summed E-state index contributed by atoms with van der Waals surface area (Å²) >= 11 is 0. The van der Waals surface area contributed by atoms with Gasteiger partial charge in [0.1, 0.15) is 5.75 Å². The van der Waals surface area contributed by atoms with Crippen LogP contribution in [-0.4, -0.2) is 48.6 Å². The molecule has 1 saturated carbocycles. The van der Waals surface area contributed by atoms with Crippen LogP contribution >= 0.6 is 0 Å². The second-order valence-corrected chi connectivity index (χ2v) is 8.85. The summed E-state index contributed by atoms with van der Waals surface area (Å²) in [4.78, 5) is 41.0. The standard InChI is InChI=1S/C26H31N3O5/c1-4-34-25(31)17-6-12-22-18(13-17)15-28(24(22)30)19-8-10-20(11-9-19)29(26(27)32)21-7-5-16(2)23(14-21)33-3/h5-7,12-14,19-20H,4,8-11,15H2,1-3H3,(H2,27,32). The zero-order valence-corrected chi connectivity index (χ0v) is 19.9. The predicted molar refractivity (Wildman–Crippen MR) is 128 cm³/mol. The largest absolute Gasteiger partial charge is 0.496 e. The third-order valence-electron chi connectivity index (χ3n) is 6.83. The first-order valence-corrected chi connectivity index (χ1v) is 11.7. The molecule has 2 aromatic rings.